The lowest BCUT2D eigenvalue weighted by Gasteiger charge is -2.25. The molecule has 1 radical (unpaired) electrons. The van der Waals surface area contributed by atoms with Gasteiger partial charge in [-0.3, -0.25) is 0 Å². The first-order valence-corrected chi connectivity index (χ1v) is 4.40. The van der Waals surface area contributed by atoms with Gasteiger partial charge in [0.1, 0.15) is 0 Å². The van der Waals surface area contributed by atoms with Crippen molar-refractivity contribution in [3.05, 3.63) is 7.05 Å². The predicted octanol–water partition coefficient (Wildman–Crippen LogP) is 0.536. The fourth-order valence-corrected chi connectivity index (χ4v) is 1.78. The third-order valence-corrected chi connectivity index (χ3v) is 2.39. The van der Waals surface area contributed by atoms with Crippen LogP contribution >= 0.6 is 11.8 Å². The lowest BCUT2D eigenvalue weighted by molar-refractivity contribution is 0.206. The summed E-state index contributed by atoms with van der Waals surface area (Å²) in [5.41, 5.74) is 0. The minimum absolute atomic E-state index is 0.0553. The molecule has 0 aromatic rings. The van der Waals surface area contributed by atoms with Gasteiger partial charge in [0, 0.05) is 31.6 Å². The maximum absolute atomic E-state index is 10.9. The first-order valence-electron chi connectivity index (χ1n) is 3.24. The highest BCUT2D eigenvalue weighted by molar-refractivity contribution is 7.99. The molecular weight excluding hydrogens is 148 g/mol. The number of hydrogen-bond acceptors (Lipinski definition) is 2. The molecule has 2 amide bonds. The molecule has 4 heteroatoms. The third kappa shape index (κ3) is 1.80. The molecule has 0 aliphatic carbocycles. The van der Waals surface area contributed by atoms with Gasteiger partial charge in [0.15, 0.2) is 0 Å². The molecule has 1 aliphatic rings. The van der Waals surface area contributed by atoms with Crippen molar-refractivity contribution in [2.45, 2.75) is 0 Å². The third-order valence-electron chi connectivity index (χ3n) is 1.45. The standard InChI is InChI=1S/C6H11N2OS/c1-7-6(9)8-2-4-10-5-3-8/h1-5H2,(H,7,9). The van der Waals surface area contributed by atoms with E-state index in [1.54, 1.807) is 4.90 Å². The Morgan fingerprint density at radius 3 is 2.60 bits per heavy atom. The van der Waals surface area contributed by atoms with Crippen molar-refractivity contribution in [1.29, 1.82) is 0 Å². The Bertz CT molecular complexity index is 123. The minimum Gasteiger partial charge on any atom is -0.336 e. The Morgan fingerprint density at radius 2 is 2.10 bits per heavy atom. The van der Waals surface area contributed by atoms with Gasteiger partial charge in [-0.1, -0.05) is 0 Å². The van der Waals surface area contributed by atoms with E-state index >= 15 is 0 Å². The van der Waals surface area contributed by atoms with Crippen LogP contribution in [0.4, 0.5) is 4.79 Å². The predicted molar refractivity (Wildman–Crippen MR) is 42.8 cm³/mol. The molecule has 1 rings (SSSR count). The van der Waals surface area contributed by atoms with Crippen LogP contribution in [0.5, 0.6) is 0 Å². The lowest BCUT2D eigenvalue weighted by Crippen LogP contribution is -2.42. The van der Waals surface area contributed by atoms with Crippen LogP contribution < -0.4 is 5.32 Å². The van der Waals surface area contributed by atoms with Crippen molar-refractivity contribution in [3.8, 4) is 0 Å². The number of thioether (sulfide) groups is 1. The van der Waals surface area contributed by atoms with E-state index < -0.39 is 0 Å². The summed E-state index contributed by atoms with van der Waals surface area (Å²) in [4.78, 5) is 12.7. The highest BCUT2D eigenvalue weighted by Crippen LogP contribution is 2.08. The van der Waals surface area contributed by atoms with Crippen molar-refractivity contribution in [2.24, 2.45) is 0 Å². The monoisotopic (exact) mass is 159 g/mol. The van der Waals surface area contributed by atoms with E-state index in [9.17, 15) is 4.79 Å². The fourth-order valence-electron chi connectivity index (χ4n) is 0.878. The number of nitrogens with zero attached hydrogens (tertiary/aromatic N) is 1. The number of carbonyl (C=O) groups excluding carboxylic acids is 1. The van der Waals surface area contributed by atoms with E-state index in [1.165, 1.54) is 0 Å². The zero-order valence-electron chi connectivity index (χ0n) is 5.80. The van der Waals surface area contributed by atoms with Gasteiger partial charge in [-0.15, -0.1) is 0 Å². The summed E-state index contributed by atoms with van der Waals surface area (Å²) in [5.74, 6) is 2.10. The maximum Gasteiger partial charge on any atom is 0.317 e. The normalized spacial score (nSPS) is 18.7. The number of hydrogen-bond donors (Lipinski definition) is 1. The van der Waals surface area contributed by atoms with Crippen molar-refractivity contribution in [1.82, 2.24) is 10.2 Å². The summed E-state index contributed by atoms with van der Waals surface area (Å²) in [5, 5.41) is 2.36. The zero-order valence-corrected chi connectivity index (χ0v) is 6.62. The maximum atomic E-state index is 10.9. The molecule has 0 atom stereocenters. The van der Waals surface area contributed by atoms with Gasteiger partial charge in [0.2, 0.25) is 0 Å². The first-order chi connectivity index (χ1) is 4.84. The van der Waals surface area contributed by atoms with Crippen LogP contribution in [0.2, 0.25) is 0 Å². The van der Waals surface area contributed by atoms with Crippen LogP contribution in [0.25, 0.3) is 0 Å². The molecule has 3 nitrogen and oxygen atoms in total. The molecule has 1 N–H and O–H groups in total. The zero-order chi connectivity index (χ0) is 7.40. The van der Waals surface area contributed by atoms with Crippen LogP contribution in [0.3, 0.4) is 0 Å². The van der Waals surface area contributed by atoms with Crippen LogP contribution in [-0.2, 0) is 0 Å². The minimum atomic E-state index is -0.0553. The second-order valence-corrected chi connectivity index (χ2v) is 3.31. The van der Waals surface area contributed by atoms with E-state index in [-0.39, 0.29) is 6.03 Å². The van der Waals surface area contributed by atoms with Gasteiger partial charge in [-0.05, 0) is 0 Å². The van der Waals surface area contributed by atoms with Crippen LogP contribution in [0.1, 0.15) is 0 Å². The molecule has 10 heavy (non-hydrogen) atoms. The molecule has 0 aromatic heterocycles. The summed E-state index contributed by atoms with van der Waals surface area (Å²) in [6.07, 6.45) is 0. The largest absolute Gasteiger partial charge is 0.336 e. The topological polar surface area (TPSA) is 32.3 Å². The Hall–Kier alpha value is -0.380. The van der Waals surface area contributed by atoms with E-state index in [4.69, 9.17) is 0 Å². The van der Waals surface area contributed by atoms with Gasteiger partial charge in [0.05, 0.1) is 0 Å². The summed E-state index contributed by atoms with van der Waals surface area (Å²) in [7, 11) is 3.31. The summed E-state index contributed by atoms with van der Waals surface area (Å²) >= 11 is 1.88. The summed E-state index contributed by atoms with van der Waals surface area (Å²) in [6.45, 7) is 1.71. The Morgan fingerprint density at radius 1 is 1.50 bits per heavy atom. The molecule has 1 aliphatic heterocycles. The Kier molecular flexibility index (Phi) is 2.86. The second-order valence-electron chi connectivity index (χ2n) is 2.08. The number of amides is 2. The average molecular weight is 159 g/mol. The Labute approximate surface area is 65.2 Å². The number of rotatable bonds is 0. The van der Waals surface area contributed by atoms with Crippen molar-refractivity contribution < 1.29 is 4.79 Å². The molecule has 0 bridgehead atoms. The van der Waals surface area contributed by atoms with Crippen molar-refractivity contribution in [2.75, 3.05) is 24.6 Å². The summed E-state index contributed by atoms with van der Waals surface area (Å²) in [6, 6.07) is -0.0553. The summed E-state index contributed by atoms with van der Waals surface area (Å²) < 4.78 is 0. The molecule has 0 aromatic carbocycles. The first kappa shape index (κ1) is 7.72. The van der Waals surface area contributed by atoms with Crippen LogP contribution in [0, 0.1) is 7.05 Å². The van der Waals surface area contributed by atoms with E-state index in [0.717, 1.165) is 24.6 Å². The number of nitrogens with one attached hydrogen (secondary N) is 1. The van der Waals surface area contributed by atoms with Crippen molar-refractivity contribution >= 4 is 17.8 Å². The van der Waals surface area contributed by atoms with E-state index in [1.807, 2.05) is 11.8 Å². The fraction of sp³-hybridized carbons (Fsp3) is 0.667. The van der Waals surface area contributed by atoms with Crippen LogP contribution in [-0.4, -0.2) is 35.5 Å². The van der Waals surface area contributed by atoms with Gasteiger partial charge in [-0.2, -0.15) is 11.8 Å². The Balaban J connectivity index is 2.31. The molecule has 0 unspecified atom stereocenters. The highest BCUT2D eigenvalue weighted by Gasteiger charge is 2.14. The molecule has 0 spiro atoms. The molecule has 57 valence electrons. The molecule has 1 heterocycles. The smallest absolute Gasteiger partial charge is 0.317 e. The quantitative estimate of drug-likeness (QED) is 0.559. The van der Waals surface area contributed by atoms with Crippen LogP contribution in [0.15, 0.2) is 0 Å². The number of carbonyl (C=O) groups is 1. The SMILES string of the molecule is [CH2]NC(=O)N1CCSCC1. The van der Waals surface area contributed by atoms with Gasteiger partial charge < -0.3 is 10.2 Å². The second kappa shape index (κ2) is 3.71. The number of urea groups is 1. The highest BCUT2D eigenvalue weighted by atomic mass is 32.2. The van der Waals surface area contributed by atoms with Crippen molar-refractivity contribution in [3.63, 3.8) is 0 Å². The lowest BCUT2D eigenvalue weighted by atomic mass is 10.5. The van der Waals surface area contributed by atoms with Gasteiger partial charge in [-0.25, -0.2) is 4.79 Å². The average Bonchev–Trinajstić information content (AvgIpc) is 2.05. The molecular formula is C6H11N2OS. The van der Waals surface area contributed by atoms with Gasteiger partial charge in [0.25, 0.3) is 0 Å². The molecule has 0 saturated carbocycles. The molecule has 1 fully saturated rings. The van der Waals surface area contributed by atoms with E-state index in [0.29, 0.717) is 0 Å². The van der Waals surface area contributed by atoms with Gasteiger partial charge >= 0.3 is 6.03 Å². The molecule has 1 saturated heterocycles. The van der Waals surface area contributed by atoms with E-state index in [2.05, 4.69) is 12.4 Å².